The Balaban J connectivity index is 1.19. The van der Waals surface area contributed by atoms with Gasteiger partial charge >= 0.3 is 0 Å². The average Bonchev–Trinajstić information content (AvgIpc) is 3.74. The first-order valence-corrected chi connectivity index (χ1v) is 15.5. The standard InChI is InChI=1S/C29H28N6O3S3/c1-6-29(3,4)33-25(36)17-7-9-18(10-8-17)26-30-19(15-39-26)14-38-23-12-20(37-5)11-21-24(23)41-27(31-21)22-13-35-28(32-22)40-16(2)34-35/h7-13,15H,6,14H2,1-5H3,(H,33,36). The van der Waals surface area contributed by atoms with Gasteiger partial charge < -0.3 is 14.8 Å². The maximum atomic E-state index is 12.6. The molecule has 0 bridgehead atoms. The van der Waals surface area contributed by atoms with Crippen molar-refractivity contribution in [3.8, 4) is 32.8 Å². The number of carbonyl (C=O) groups is 1. The monoisotopic (exact) mass is 604 g/mol. The molecule has 1 amide bonds. The van der Waals surface area contributed by atoms with E-state index in [1.165, 1.54) is 11.3 Å². The summed E-state index contributed by atoms with van der Waals surface area (Å²) < 4.78 is 14.5. The summed E-state index contributed by atoms with van der Waals surface area (Å²) in [4.78, 5) is 27.7. The highest BCUT2D eigenvalue weighted by Crippen LogP contribution is 2.39. The van der Waals surface area contributed by atoms with Crippen LogP contribution < -0.4 is 14.8 Å². The number of hydrogen-bond donors (Lipinski definition) is 1. The Bertz CT molecular complexity index is 1830. The number of nitrogens with one attached hydrogen (secondary N) is 1. The third kappa shape index (κ3) is 5.67. The molecule has 4 aromatic heterocycles. The van der Waals surface area contributed by atoms with Gasteiger partial charge in [0.15, 0.2) is 0 Å². The highest BCUT2D eigenvalue weighted by Gasteiger charge is 2.20. The summed E-state index contributed by atoms with van der Waals surface area (Å²) in [5.41, 5.74) is 3.70. The van der Waals surface area contributed by atoms with Gasteiger partial charge in [0.2, 0.25) is 4.96 Å². The molecule has 0 saturated carbocycles. The van der Waals surface area contributed by atoms with Crippen molar-refractivity contribution < 1.29 is 14.3 Å². The van der Waals surface area contributed by atoms with Crippen molar-refractivity contribution in [2.24, 2.45) is 0 Å². The summed E-state index contributed by atoms with van der Waals surface area (Å²) >= 11 is 4.61. The van der Waals surface area contributed by atoms with Crippen LogP contribution in [0.3, 0.4) is 0 Å². The third-order valence-corrected chi connectivity index (χ3v) is 9.57. The first kappa shape index (κ1) is 27.3. The molecule has 0 radical (unpaired) electrons. The van der Waals surface area contributed by atoms with Gasteiger partial charge in [-0.25, -0.2) is 19.5 Å². The number of ether oxygens (including phenoxy) is 2. The van der Waals surface area contributed by atoms with E-state index >= 15 is 0 Å². The van der Waals surface area contributed by atoms with Crippen LogP contribution in [0, 0.1) is 6.92 Å². The third-order valence-electron chi connectivity index (χ3n) is 6.69. The van der Waals surface area contributed by atoms with Crippen LogP contribution in [0.1, 0.15) is 48.3 Å². The predicted octanol–water partition coefficient (Wildman–Crippen LogP) is 7.01. The van der Waals surface area contributed by atoms with E-state index in [4.69, 9.17) is 24.4 Å². The Morgan fingerprint density at radius 3 is 2.61 bits per heavy atom. The van der Waals surface area contributed by atoms with Crippen LogP contribution in [0.25, 0.3) is 36.5 Å². The fraction of sp³-hybridized carbons (Fsp3) is 0.276. The van der Waals surface area contributed by atoms with E-state index in [9.17, 15) is 4.79 Å². The summed E-state index contributed by atoms with van der Waals surface area (Å²) in [6.45, 7) is 8.35. The van der Waals surface area contributed by atoms with Crippen molar-refractivity contribution in [2.45, 2.75) is 46.3 Å². The first-order valence-electron chi connectivity index (χ1n) is 13.0. The van der Waals surface area contributed by atoms with Crippen LogP contribution >= 0.6 is 34.0 Å². The molecule has 0 aliphatic carbocycles. The summed E-state index contributed by atoms with van der Waals surface area (Å²) in [6.07, 6.45) is 2.75. The van der Waals surface area contributed by atoms with Crippen LogP contribution in [0.5, 0.6) is 11.5 Å². The quantitative estimate of drug-likeness (QED) is 0.189. The number of carbonyl (C=O) groups excluding carboxylic acids is 1. The number of nitrogens with zero attached hydrogens (tertiary/aromatic N) is 5. The number of aromatic nitrogens is 5. The minimum absolute atomic E-state index is 0.0769. The zero-order valence-corrected chi connectivity index (χ0v) is 25.7. The molecule has 41 heavy (non-hydrogen) atoms. The van der Waals surface area contributed by atoms with Crippen molar-refractivity contribution in [2.75, 3.05) is 7.11 Å². The Morgan fingerprint density at radius 1 is 1.07 bits per heavy atom. The van der Waals surface area contributed by atoms with Crippen molar-refractivity contribution in [1.82, 2.24) is 29.9 Å². The molecule has 0 spiro atoms. The molecule has 0 aliphatic rings. The lowest BCUT2D eigenvalue weighted by molar-refractivity contribution is 0.0911. The van der Waals surface area contributed by atoms with Crippen molar-refractivity contribution in [1.29, 1.82) is 0 Å². The maximum absolute atomic E-state index is 12.6. The van der Waals surface area contributed by atoms with Gasteiger partial charge in [-0.15, -0.1) is 22.7 Å². The number of imidazole rings is 1. The smallest absolute Gasteiger partial charge is 0.251 e. The summed E-state index contributed by atoms with van der Waals surface area (Å²) in [7, 11) is 1.63. The van der Waals surface area contributed by atoms with Gasteiger partial charge in [0.1, 0.15) is 38.8 Å². The number of aryl methyl sites for hydroxylation is 1. The second-order valence-electron chi connectivity index (χ2n) is 10.2. The lowest BCUT2D eigenvalue weighted by Gasteiger charge is -2.24. The molecule has 1 N–H and O–H groups in total. The molecule has 0 saturated heterocycles. The normalized spacial score (nSPS) is 11.8. The second-order valence-corrected chi connectivity index (χ2v) is 13.2. The van der Waals surface area contributed by atoms with Gasteiger partial charge in [-0.05, 0) is 39.3 Å². The molecular weight excluding hydrogens is 577 g/mol. The molecule has 6 rings (SSSR count). The Labute approximate surface area is 248 Å². The molecule has 12 heteroatoms. The lowest BCUT2D eigenvalue weighted by atomic mass is 10.0. The van der Waals surface area contributed by atoms with Crippen molar-refractivity contribution in [3.05, 3.63) is 64.2 Å². The van der Waals surface area contributed by atoms with E-state index in [1.807, 2.05) is 68.7 Å². The SMILES string of the molecule is CCC(C)(C)NC(=O)c1ccc(-c2nc(COc3cc(OC)cc4nc(-c5cn6nc(C)sc6n5)sc34)cs2)cc1. The van der Waals surface area contributed by atoms with E-state index in [2.05, 4.69) is 17.3 Å². The topological polar surface area (TPSA) is 104 Å². The summed E-state index contributed by atoms with van der Waals surface area (Å²) in [6, 6.07) is 11.3. The molecule has 210 valence electrons. The fourth-order valence-corrected chi connectivity index (χ4v) is 6.61. The molecule has 9 nitrogen and oxygen atoms in total. The van der Waals surface area contributed by atoms with E-state index in [1.54, 1.807) is 34.3 Å². The van der Waals surface area contributed by atoms with Gasteiger partial charge in [-0.3, -0.25) is 4.79 Å². The molecule has 0 fully saturated rings. The number of methoxy groups -OCH3 is 1. The Kier molecular flexibility index (Phi) is 7.22. The Hall–Kier alpha value is -3.87. The summed E-state index contributed by atoms with van der Waals surface area (Å²) in [5, 5.41) is 12.1. The first-order chi connectivity index (χ1) is 19.7. The molecule has 0 unspecified atom stereocenters. The Morgan fingerprint density at radius 2 is 1.88 bits per heavy atom. The van der Waals surface area contributed by atoms with Gasteiger partial charge in [-0.1, -0.05) is 30.4 Å². The van der Waals surface area contributed by atoms with E-state index in [0.717, 1.165) is 53.6 Å². The molecule has 0 aliphatic heterocycles. The second kappa shape index (κ2) is 10.8. The van der Waals surface area contributed by atoms with Crippen LogP contribution in [0.4, 0.5) is 0 Å². The zero-order chi connectivity index (χ0) is 28.7. The van der Waals surface area contributed by atoms with Crippen LogP contribution in [0.15, 0.2) is 48.0 Å². The number of thiazole rings is 2. The molecule has 0 atom stereocenters. The van der Waals surface area contributed by atoms with Gasteiger partial charge in [0.25, 0.3) is 5.91 Å². The average molecular weight is 605 g/mol. The van der Waals surface area contributed by atoms with Crippen LogP contribution in [-0.4, -0.2) is 43.1 Å². The number of rotatable bonds is 9. The van der Waals surface area contributed by atoms with Gasteiger partial charge in [0.05, 0.1) is 29.2 Å². The molecule has 6 aromatic rings. The maximum Gasteiger partial charge on any atom is 0.251 e. The fourth-order valence-electron chi connectivity index (χ4n) is 4.10. The highest BCUT2D eigenvalue weighted by molar-refractivity contribution is 7.22. The highest BCUT2D eigenvalue weighted by atomic mass is 32.1. The molecule has 2 aromatic carbocycles. The van der Waals surface area contributed by atoms with Crippen molar-refractivity contribution >= 4 is 55.1 Å². The lowest BCUT2D eigenvalue weighted by Crippen LogP contribution is -2.42. The minimum Gasteiger partial charge on any atom is -0.497 e. The minimum atomic E-state index is -0.248. The van der Waals surface area contributed by atoms with E-state index < -0.39 is 0 Å². The number of amides is 1. The van der Waals surface area contributed by atoms with E-state index in [-0.39, 0.29) is 11.4 Å². The number of fused-ring (bicyclic) bond motifs is 2. The van der Waals surface area contributed by atoms with Crippen molar-refractivity contribution in [3.63, 3.8) is 0 Å². The zero-order valence-electron chi connectivity index (χ0n) is 23.2. The van der Waals surface area contributed by atoms with Crippen LogP contribution in [-0.2, 0) is 6.61 Å². The van der Waals surface area contributed by atoms with Crippen LogP contribution in [0.2, 0.25) is 0 Å². The largest absolute Gasteiger partial charge is 0.497 e. The van der Waals surface area contributed by atoms with E-state index in [0.29, 0.717) is 23.7 Å². The number of benzene rings is 2. The van der Waals surface area contributed by atoms with Gasteiger partial charge in [0, 0.05) is 34.2 Å². The predicted molar refractivity (Wildman–Crippen MR) is 164 cm³/mol. The van der Waals surface area contributed by atoms with Gasteiger partial charge in [-0.2, -0.15) is 5.10 Å². The molecule has 4 heterocycles. The number of hydrogen-bond acceptors (Lipinski definition) is 10. The summed E-state index contributed by atoms with van der Waals surface area (Å²) in [5.74, 6) is 1.27. The molecular formula is C29H28N6O3S3.